The fourth-order valence-electron chi connectivity index (χ4n) is 2.09. The molecule has 1 N–H and O–H groups in total. The first-order chi connectivity index (χ1) is 8.93. The Morgan fingerprint density at radius 3 is 3.00 bits per heavy atom. The number of hydrogen-bond acceptors (Lipinski definition) is 4. The van der Waals surface area contributed by atoms with Crippen LogP contribution in [0.15, 0.2) is 30.7 Å². The van der Waals surface area contributed by atoms with Crippen LogP contribution in [0.25, 0.3) is 5.52 Å². The number of unbranched alkanes of at least 4 members (excludes halogenated alkanes) is 1. The van der Waals surface area contributed by atoms with E-state index in [1.54, 1.807) is 0 Å². The second-order valence-electron chi connectivity index (χ2n) is 4.24. The van der Waals surface area contributed by atoms with Crippen molar-refractivity contribution in [3.8, 4) is 0 Å². The third-order valence-corrected chi connectivity index (χ3v) is 3.00. The van der Waals surface area contributed by atoms with Crippen LogP contribution in [-0.4, -0.2) is 30.0 Å². The molecule has 0 fully saturated rings. The molecule has 18 heavy (non-hydrogen) atoms. The van der Waals surface area contributed by atoms with Gasteiger partial charge < -0.3 is 4.40 Å². The largest absolute Gasteiger partial charge is 0.303 e. The third kappa shape index (κ3) is 2.22. The van der Waals surface area contributed by atoms with Gasteiger partial charge in [0, 0.05) is 12.1 Å². The minimum Gasteiger partial charge on any atom is -0.303 e. The number of hydrogen-bond donors (Lipinski definition) is 1. The van der Waals surface area contributed by atoms with Crippen LogP contribution in [0.2, 0.25) is 0 Å². The predicted molar refractivity (Wildman–Crippen MR) is 66.0 cm³/mol. The minimum absolute atomic E-state index is 0.788. The average molecular weight is 242 g/mol. The molecule has 0 spiro atoms. The molecule has 92 valence electrons. The molecule has 0 amide bonds. The number of aryl methyl sites for hydroxylation is 2. The molecule has 3 aromatic rings. The van der Waals surface area contributed by atoms with Crippen molar-refractivity contribution in [3.05, 3.63) is 42.2 Å². The van der Waals surface area contributed by atoms with E-state index in [0.717, 1.165) is 37.0 Å². The van der Waals surface area contributed by atoms with Gasteiger partial charge in [0.1, 0.15) is 0 Å². The van der Waals surface area contributed by atoms with Gasteiger partial charge in [-0.1, -0.05) is 11.3 Å². The molecule has 3 heterocycles. The molecule has 3 aromatic heterocycles. The summed E-state index contributed by atoms with van der Waals surface area (Å²) in [6.07, 6.45) is 7.81. The van der Waals surface area contributed by atoms with E-state index < -0.39 is 0 Å². The Morgan fingerprint density at radius 2 is 2.11 bits per heavy atom. The zero-order valence-electron chi connectivity index (χ0n) is 9.95. The molecule has 6 nitrogen and oxygen atoms in total. The van der Waals surface area contributed by atoms with Crippen LogP contribution < -0.4 is 0 Å². The number of aromatic amines is 1. The zero-order chi connectivity index (χ0) is 12.2. The van der Waals surface area contributed by atoms with E-state index in [1.165, 1.54) is 5.69 Å². The average Bonchev–Trinajstić information content (AvgIpc) is 3.05. The van der Waals surface area contributed by atoms with Crippen LogP contribution in [0.3, 0.4) is 0 Å². The Balaban J connectivity index is 1.58. The second kappa shape index (κ2) is 4.95. The number of imidazole rings is 1. The summed E-state index contributed by atoms with van der Waals surface area (Å²) in [4.78, 5) is 4.16. The molecule has 0 saturated heterocycles. The smallest absolute Gasteiger partial charge is 0.174 e. The van der Waals surface area contributed by atoms with Gasteiger partial charge >= 0.3 is 0 Å². The van der Waals surface area contributed by atoms with Gasteiger partial charge in [-0.15, -0.1) is 10.2 Å². The monoisotopic (exact) mass is 242 g/mol. The van der Waals surface area contributed by atoms with Crippen molar-refractivity contribution in [2.45, 2.75) is 25.7 Å². The topological polar surface area (TPSA) is 71.8 Å². The number of rotatable bonds is 5. The number of nitrogens with zero attached hydrogens (tertiary/aromatic N) is 5. The minimum atomic E-state index is 0.788. The molecule has 0 radical (unpaired) electrons. The van der Waals surface area contributed by atoms with Gasteiger partial charge in [-0.2, -0.15) is 5.21 Å². The molecule has 0 aromatic carbocycles. The highest BCUT2D eigenvalue weighted by Gasteiger charge is 2.02. The molecule has 3 rings (SSSR count). The van der Waals surface area contributed by atoms with Gasteiger partial charge in [0.2, 0.25) is 0 Å². The van der Waals surface area contributed by atoms with Gasteiger partial charge in [-0.05, 0) is 31.4 Å². The highest BCUT2D eigenvalue weighted by molar-refractivity contribution is 5.45. The van der Waals surface area contributed by atoms with E-state index >= 15 is 0 Å². The lowest BCUT2D eigenvalue weighted by atomic mass is 10.1. The molecule has 0 saturated carbocycles. The van der Waals surface area contributed by atoms with E-state index in [-0.39, 0.29) is 0 Å². The number of H-pyrrole nitrogens is 1. The molecular formula is C12H14N6. The molecule has 0 bridgehead atoms. The van der Waals surface area contributed by atoms with Crippen LogP contribution in [-0.2, 0) is 12.8 Å². The molecular weight excluding hydrogens is 228 g/mol. The number of pyridine rings is 1. The van der Waals surface area contributed by atoms with Gasteiger partial charge in [-0.3, -0.25) is 0 Å². The maximum absolute atomic E-state index is 4.16. The Labute approximate surface area is 104 Å². The van der Waals surface area contributed by atoms with Crippen LogP contribution in [0, 0.1) is 0 Å². The Morgan fingerprint density at radius 1 is 1.17 bits per heavy atom. The quantitative estimate of drug-likeness (QED) is 0.687. The molecule has 0 unspecified atom stereocenters. The number of nitrogens with one attached hydrogen (secondary N) is 1. The first kappa shape index (κ1) is 10.9. The number of aromatic nitrogens is 6. The van der Waals surface area contributed by atoms with Gasteiger partial charge in [0.05, 0.1) is 18.0 Å². The maximum Gasteiger partial charge on any atom is 0.174 e. The Hall–Kier alpha value is -2.24. The lowest BCUT2D eigenvalue weighted by Crippen LogP contribution is -1.97. The first-order valence-electron chi connectivity index (χ1n) is 6.06. The summed E-state index contributed by atoms with van der Waals surface area (Å²) in [5, 5.41) is 13.9. The molecule has 0 aliphatic carbocycles. The van der Waals surface area contributed by atoms with Crippen LogP contribution in [0.4, 0.5) is 0 Å². The van der Waals surface area contributed by atoms with Gasteiger partial charge in [0.15, 0.2) is 5.82 Å². The van der Waals surface area contributed by atoms with Crippen molar-refractivity contribution in [2.75, 3.05) is 0 Å². The first-order valence-corrected chi connectivity index (χ1v) is 6.06. The zero-order valence-corrected chi connectivity index (χ0v) is 9.95. The lowest BCUT2D eigenvalue weighted by molar-refractivity contribution is 0.695. The summed E-state index contributed by atoms with van der Waals surface area (Å²) >= 11 is 0. The van der Waals surface area contributed by atoms with Crippen molar-refractivity contribution in [1.82, 2.24) is 30.0 Å². The van der Waals surface area contributed by atoms with Crippen molar-refractivity contribution in [1.29, 1.82) is 0 Å². The Kier molecular flexibility index (Phi) is 2.99. The van der Waals surface area contributed by atoms with Crippen molar-refractivity contribution in [2.24, 2.45) is 0 Å². The predicted octanol–water partition coefficient (Wildman–Crippen LogP) is 1.41. The highest BCUT2D eigenvalue weighted by Crippen LogP contribution is 2.10. The van der Waals surface area contributed by atoms with E-state index in [1.807, 2.05) is 12.5 Å². The van der Waals surface area contributed by atoms with Crippen molar-refractivity contribution < 1.29 is 0 Å². The standard InChI is InChI=1S/C12H14N6/c1(2-7-12-14-16-17-15-12)4-10-5-3-6-11-8-13-9-18(10)11/h3,5-6,8-9H,1-2,4,7H2,(H,14,15,16,17). The summed E-state index contributed by atoms with van der Waals surface area (Å²) in [5.74, 6) is 0.788. The maximum atomic E-state index is 4.16. The van der Waals surface area contributed by atoms with Gasteiger partial charge in [-0.25, -0.2) is 4.98 Å². The van der Waals surface area contributed by atoms with E-state index in [4.69, 9.17) is 0 Å². The number of fused-ring (bicyclic) bond motifs is 1. The van der Waals surface area contributed by atoms with Crippen LogP contribution in [0.1, 0.15) is 24.4 Å². The highest BCUT2D eigenvalue weighted by atomic mass is 15.5. The normalized spacial score (nSPS) is 11.1. The second-order valence-corrected chi connectivity index (χ2v) is 4.24. The fraction of sp³-hybridized carbons (Fsp3) is 0.333. The summed E-state index contributed by atoms with van der Waals surface area (Å²) < 4.78 is 2.13. The molecule has 0 aliphatic rings. The molecule has 0 aliphatic heterocycles. The van der Waals surface area contributed by atoms with Gasteiger partial charge in [0.25, 0.3) is 0 Å². The third-order valence-electron chi connectivity index (χ3n) is 3.00. The van der Waals surface area contributed by atoms with E-state index in [2.05, 4.69) is 48.2 Å². The molecule has 6 heteroatoms. The van der Waals surface area contributed by atoms with Crippen LogP contribution in [0.5, 0.6) is 0 Å². The molecule has 0 atom stereocenters. The van der Waals surface area contributed by atoms with E-state index in [9.17, 15) is 0 Å². The van der Waals surface area contributed by atoms with Crippen molar-refractivity contribution >= 4 is 5.52 Å². The number of tetrazole rings is 1. The SMILES string of the molecule is c1cc(CCCCc2nn[nH]n2)n2cncc2c1. The summed E-state index contributed by atoms with van der Waals surface area (Å²) in [7, 11) is 0. The summed E-state index contributed by atoms with van der Waals surface area (Å²) in [6.45, 7) is 0. The Bertz CT molecular complexity index is 612. The fourth-order valence-corrected chi connectivity index (χ4v) is 2.09. The lowest BCUT2D eigenvalue weighted by Gasteiger charge is -2.04. The van der Waals surface area contributed by atoms with Crippen molar-refractivity contribution in [3.63, 3.8) is 0 Å². The van der Waals surface area contributed by atoms with E-state index in [0.29, 0.717) is 0 Å². The summed E-state index contributed by atoms with van der Waals surface area (Å²) in [6, 6.07) is 6.28. The summed E-state index contributed by atoms with van der Waals surface area (Å²) in [5.41, 5.74) is 2.43. The van der Waals surface area contributed by atoms with Crippen LogP contribution >= 0.6 is 0 Å².